The fraction of sp³-hybridized carbons (Fsp3) is 0.533. The third-order valence-electron chi connectivity index (χ3n) is 3.53. The van der Waals surface area contributed by atoms with Crippen molar-refractivity contribution in [2.24, 2.45) is 0 Å². The maximum Gasteiger partial charge on any atom is 0.135 e. The molecule has 2 aromatic rings. The van der Waals surface area contributed by atoms with E-state index in [2.05, 4.69) is 29.5 Å². The van der Waals surface area contributed by atoms with E-state index in [9.17, 15) is 0 Å². The molecular formula is C15H20N4S. The summed E-state index contributed by atoms with van der Waals surface area (Å²) in [5.74, 6) is 1.35. The van der Waals surface area contributed by atoms with Crippen LogP contribution in [0.3, 0.4) is 0 Å². The lowest BCUT2D eigenvalue weighted by molar-refractivity contribution is 0.601. The molecule has 1 aliphatic heterocycles. The lowest BCUT2D eigenvalue weighted by Gasteiger charge is -2.21. The van der Waals surface area contributed by atoms with Crippen LogP contribution in [-0.4, -0.2) is 21.5 Å². The highest BCUT2D eigenvalue weighted by Crippen LogP contribution is 2.23. The summed E-state index contributed by atoms with van der Waals surface area (Å²) in [5.41, 5.74) is 4.82. The zero-order valence-corrected chi connectivity index (χ0v) is 13.0. The SMILES string of the molecule is Cc1csc(Cc2nc3c(c(C(C)C)n2)CNCC3)n1. The van der Waals surface area contributed by atoms with E-state index in [1.165, 1.54) is 17.0 Å². The average Bonchev–Trinajstić information content (AvgIpc) is 2.83. The van der Waals surface area contributed by atoms with Gasteiger partial charge >= 0.3 is 0 Å². The number of aromatic nitrogens is 3. The summed E-state index contributed by atoms with van der Waals surface area (Å²) in [5, 5.41) is 6.61. The third-order valence-corrected chi connectivity index (χ3v) is 4.50. The first kappa shape index (κ1) is 13.6. The van der Waals surface area contributed by atoms with E-state index in [4.69, 9.17) is 9.97 Å². The second-order valence-electron chi connectivity index (χ2n) is 5.59. The Morgan fingerprint density at radius 3 is 2.85 bits per heavy atom. The number of hydrogen-bond donors (Lipinski definition) is 1. The van der Waals surface area contributed by atoms with E-state index in [1.807, 2.05) is 6.92 Å². The maximum absolute atomic E-state index is 4.81. The van der Waals surface area contributed by atoms with Gasteiger partial charge in [0.1, 0.15) is 10.8 Å². The molecule has 1 N–H and O–H groups in total. The van der Waals surface area contributed by atoms with Crippen molar-refractivity contribution in [3.8, 4) is 0 Å². The van der Waals surface area contributed by atoms with Gasteiger partial charge in [-0.3, -0.25) is 0 Å². The first-order valence-corrected chi connectivity index (χ1v) is 8.01. The van der Waals surface area contributed by atoms with Crippen molar-refractivity contribution in [1.82, 2.24) is 20.3 Å². The van der Waals surface area contributed by atoms with Crippen molar-refractivity contribution >= 4 is 11.3 Å². The summed E-state index contributed by atoms with van der Waals surface area (Å²) in [7, 11) is 0. The highest BCUT2D eigenvalue weighted by molar-refractivity contribution is 7.09. The zero-order chi connectivity index (χ0) is 14.1. The highest BCUT2D eigenvalue weighted by atomic mass is 32.1. The van der Waals surface area contributed by atoms with Crippen LogP contribution in [0.15, 0.2) is 5.38 Å². The molecule has 2 aromatic heterocycles. The molecule has 4 nitrogen and oxygen atoms in total. The Balaban J connectivity index is 1.97. The van der Waals surface area contributed by atoms with Gasteiger partial charge in [0.15, 0.2) is 0 Å². The largest absolute Gasteiger partial charge is 0.312 e. The molecule has 0 bridgehead atoms. The molecule has 3 rings (SSSR count). The molecule has 0 spiro atoms. The number of fused-ring (bicyclic) bond motifs is 1. The Bertz CT molecular complexity index is 618. The minimum Gasteiger partial charge on any atom is -0.312 e. The summed E-state index contributed by atoms with van der Waals surface area (Å²) in [4.78, 5) is 14.1. The molecule has 0 saturated heterocycles. The van der Waals surface area contributed by atoms with Crippen molar-refractivity contribution in [3.05, 3.63) is 38.9 Å². The van der Waals surface area contributed by atoms with Crippen LogP contribution in [-0.2, 0) is 19.4 Å². The Labute approximate surface area is 123 Å². The first-order valence-electron chi connectivity index (χ1n) is 7.13. The predicted octanol–water partition coefficient (Wildman–Crippen LogP) is 2.60. The van der Waals surface area contributed by atoms with E-state index < -0.39 is 0 Å². The van der Waals surface area contributed by atoms with Crippen LogP contribution in [0.4, 0.5) is 0 Å². The third kappa shape index (κ3) is 2.74. The number of hydrogen-bond acceptors (Lipinski definition) is 5. The Kier molecular flexibility index (Phi) is 3.81. The number of rotatable bonds is 3. The molecule has 20 heavy (non-hydrogen) atoms. The molecule has 5 heteroatoms. The average molecular weight is 288 g/mol. The van der Waals surface area contributed by atoms with Crippen molar-refractivity contribution in [2.75, 3.05) is 6.54 Å². The monoisotopic (exact) mass is 288 g/mol. The van der Waals surface area contributed by atoms with E-state index >= 15 is 0 Å². The highest BCUT2D eigenvalue weighted by Gasteiger charge is 2.19. The fourth-order valence-corrected chi connectivity index (χ4v) is 3.37. The molecule has 0 atom stereocenters. The van der Waals surface area contributed by atoms with Gasteiger partial charge in [0, 0.05) is 36.1 Å². The number of nitrogens with one attached hydrogen (secondary N) is 1. The molecule has 0 aromatic carbocycles. The van der Waals surface area contributed by atoms with Crippen LogP contribution in [0.2, 0.25) is 0 Å². The molecule has 0 aliphatic carbocycles. The van der Waals surface area contributed by atoms with Gasteiger partial charge in [-0.2, -0.15) is 0 Å². The van der Waals surface area contributed by atoms with Crippen LogP contribution in [0.1, 0.15) is 53.2 Å². The van der Waals surface area contributed by atoms with Gasteiger partial charge in [0.05, 0.1) is 17.8 Å². The lowest BCUT2D eigenvalue weighted by Crippen LogP contribution is -2.27. The standard InChI is InChI=1S/C15H20N4S/c1-9(2)15-11-7-16-5-4-12(11)18-13(19-15)6-14-17-10(3)8-20-14/h8-9,16H,4-7H2,1-3H3. The predicted molar refractivity (Wildman–Crippen MR) is 81.2 cm³/mol. The van der Waals surface area contributed by atoms with Gasteiger partial charge in [0.25, 0.3) is 0 Å². The van der Waals surface area contributed by atoms with Gasteiger partial charge in [-0.15, -0.1) is 11.3 Å². The van der Waals surface area contributed by atoms with Crippen molar-refractivity contribution in [1.29, 1.82) is 0 Å². The normalized spacial score (nSPS) is 14.6. The molecule has 106 valence electrons. The smallest absolute Gasteiger partial charge is 0.135 e. The van der Waals surface area contributed by atoms with Gasteiger partial charge in [-0.05, 0) is 12.8 Å². The van der Waals surface area contributed by atoms with E-state index in [1.54, 1.807) is 11.3 Å². The quantitative estimate of drug-likeness (QED) is 0.943. The van der Waals surface area contributed by atoms with Gasteiger partial charge in [-0.25, -0.2) is 15.0 Å². The van der Waals surface area contributed by atoms with E-state index in [-0.39, 0.29) is 0 Å². The number of thiazole rings is 1. The summed E-state index contributed by atoms with van der Waals surface area (Å²) >= 11 is 1.69. The second kappa shape index (κ2) is 5.58. The molecule has 0 saturated carbocycles. The minimum absolute atomic E-state index is 0.434. The van der Waals surface area contributed by atoms with E-state index in [0.717, 1.165) is 42.5 Å². The summed E-state index contributed by atoms with van der Waals surface area (Å²) in [6.45, 7) is 8.35. The fourth-order valence-electron chi connectivity index (χ4n) is 2.60. The summed E-state index contributed by atoms with van der Waals surface area (Å²) in [6, 6.07) is 0. The van der Waals surface area contributed by atoms with Crippen LogP contribution in [0.25, 0.3) is 0 Å². The Morgan fingerprint density at radius 2 is 2.15 bits per heavy atom. The number of nitrogens with zero attached hydrogens (tertiary/aromatic N) is 3. The molecule has 0 amide bonds. The first-order chi connectivity index (χ1) is 9.63. The molecular weight excluding hydrogens is 268 g/mol. The Hall–Kier alpha value is -1.33. The molecule has 0 unspecified atom stereocenters. The topological polar surface area (TPSA) is 50.7 Å². The van der Waals surface area contributed by atoms with E-state index in [0.29, 0.717) is 5.92 Å². The minimum atomic E-state index is 0.434. The molecule has 3 heterocycles. The molecule has 0 fully saturated rings. The van der Waals surface area contributed by atoms with Gasteiger partial charge < -0.3 is 5.32 Å². The van der Waals surface area contributed by atoms with Crippen molar-refractivity contribution in [3.63, 3.8) is 0 Å². The van der Waals surface area contributed by atoms with Crippen molar-refractivity contribution in [2.45, 2.75) is 46.1 Å². The Morgan fingerprint density at radius 1 is 1.30 bits per heavy atom. The number of aryl methyl sites for hydroxylation is 1. The molecule has 0 radical (unpaired) electrons. The van der Waals surface area contributed by atoms with Gasteiger partial charge in [-0.1, -0.05) is 13.8 Å². The zero-order valence-electron chi connectivity index (χ0n) is 12.2. The van der Waals surface area contributed by atoms with Crippen LogP contribution in [0, 0.1) is 6.92 Å². The van der Waals surface area contributed by atoms with Crippen LogP contribution >= 0.6 is 11.3 Å². The molecule has 1 aliphatic rings. The van der Waals surface area contributed by atoms with Gasteiger partial charge in [0.2, 0.25) is 0 Å². The summed E-state index contributed by atoms with van der Waals surface area (Å²) < 4.78 is 0. The van der Waals surface area contributed by atoms with Crippen LogP contribution in [0.5, 0.6) is 0 Å². The lowest BCUT2D eigenvalue weighted by atomic mass is 9.98. The van der Waals surface area contributed by atoms with Crippen LogP contribution < -0.4 is 5.32 Å². The second-order valence-corrected chi connectivity index (χ2v) is 6.53. The summed E-state index contributed by atoms with van der Waals surface area (Å²) in [6.07, 6.45) is 1.75. The van der Waals surface area contributed by atoms with Crippen molar-refractivity contribution < 1.29 is 0 Å². The maximum atomic E-state index is 4.81.